The van der Waals surface area contributed by atoms with Gasteiger partial charge in [0.2, 0.25) is 0 Å². The van der Waals surface area contributed by atoms with E-state index in [0.717, 1.165) is 25.2 Å². The first-order valence-electron chi connectivity index (χ1n) is 9.29. The van der Waals surface area contributed by atoms with E-state index in [4.69, 9.17) is 9.84 Å². The number of aliphatic hydroxyl groups is 1. The Bertz CT molecular complexity index is 534. The van der Waals surface area contributed by atoms with Crippen LogP contribution in [0.3, 0.4) is 0 Å². The molecule has 0 atom stereocenters. The van der Waals surface area contributed by atoms with Crippen molar-refractivity contribution in [2.24, 2.45) is 0 Å². The molecular formula is C22H30O2. The highest BCUT2D eigenvalue weighted by Crippen LogP contribution is 2.22. The molecule has 130 valence electrons. The number of hydrogen-bond acceptors (Lipinski definition) is 2. The Morgan fingerprint density at radius 2 is 1.12 bits per heavy atom. The van der Waals surface area contributed by atoms with Crippen LogP contribution >= 0.6 is 0 Å². The minimum atomic E-state index is 0.337. The highest BCUT2D eigenvalue weighted by Gasteiger charge is 1.98. The van der Waals surface area contributed by atoms with Gasteiger partial charge in [0.1, 0.15) is 5.75 Å². The van der Waals surface area contributed by atoms with Crippen molar-refractivity contribution < 1.29 is 9.84 Å². The van der Waals surface area contributed by atoms with Crippen LogP contribution in [0, 0.1) is 0 Å². The van der Waals surface area contributed by atoms with E-state index in [1.54, 1.807) is 0 Å². The molecule has 24 heavy (non-hydrogen) atoms. The van der Waals surface area contributed by atoms with Crippen molar-refractivity contribution >= 4 is 0 Å². The molecule has 2 aromatic carbocycles. The minimum absolute atomic E-state index is 0.337. The van der Waals surface area contributed by atoms with Gasteiger partial charge in [-0.2, -0.15) is 0 Å². The van der Waals surface area contributed by atoms with Gasteiger partial charge in [0, 0.05) is 6.61 Å². The molecule has 2 aromatic rings. The molecule has 1 N–H and O–H groups in total. The largest absolute Gasteiger partial charge is 0.494 e. The maximum absolute atomic E-state index is 8.72. The fourth-order valence-electron chi connectivity index (χ4n) is 2.84. The molecular weight excluding hydrogens is 296 g/mol. The zero-order valence-electron chi connectivity index (χ0n) is 14.6. The normalized spacial score (nSPS) is 10.7. The summed E-state index contributed by atoms with van der Waals surface area (Å²) in [6, 6.07) is 18.8. The third-order valence-electron chi connectivity index (χ3n) is 4.28. The molecule has 0 bridgehead atoms. The Balaban J connectivity index is 1.55. The summed E-state index contributed by atoms with van der Waals surface area (Å²) in [6.45, 7) is 1.14. The van der Waals surface area contributed by atoms with Crippen molar-refractivity contribution in [3.63, 3.8) is 0 Å². The van der Waals surface area contributed by atoms with Gasteiger partial charge in [-0.25, -0.2) is 0 Å². The van der Waals surface area contributed by atoms with Crippen LogP contribution in [0.2, 0.25) is 0 Å². The molecule has 2 nitrogen and oxygen atoms in total. The monoisotopic (exact) mass is 326 g/mol. The average molecular weight is 326 g/mol. The summed E-state index contributed by atoms with van der Waals surface area (Å²) in [5.41, 5.74) is 2.46. The molecule has 0 saturated heterocycles. The van der Waals surface area contributed by atoms with E-state index in [2.05, 4.69) is 48.5 Å². The lowest BCUT2D eigenvalue weighted by Gasteiger charge is -2.07. The number of ether oxygens (including phenoxy) is 1. The van der Waals surface area contributed by atoms with E-state index in [1.807, 2.05) is 6.07 Å². The fraction of sp³-hybridized carbons (Fsp3) is 0.455. The third kappa shape index (κ3) is 7.18. The van der Waals surface area contributed by atoms with Crippen molar-refractivity contribution in [2.45, 2.75) is 51.4 Å². The van der Waals surface area contributed by atoms with Gasteiger partial charge in [-0.1, -0.05) is 81.0 Å². The van der Waals surface area contributed by atoms with Crippen molar-refractivity contribution in [3.8, 4) is 16.9 Å². The second-order valence-electron chi connectivity index (χ2n) is 6.29. The highest BCUT2D eigenvalue weighted by molar-refractivity contribution is 5.63. The van der Waals surface area contributed by atoms with Crippen LogP contribution in [0.5, 0.6) is 5.75 Å². The SMILES string of the molecule is OCCCCCCCCCCOc1ccc(-c2ccccc2)cc1. The Hall–Kier alpha value is -1.80. The summed E-state index contributed by atoms with van der Waals surface area (Å²) in [5.74, 6) is 0.957. The number of unbranched alkanes of at least 4 members (excludes halogenated alkanes) is 7. The second-order valence-corrected chi connectivity index (χ2v) is 6.29. The van der Waals surface area contributed by atoms with Gasteiger partial charge >= 0.3 is 0 Å². The Labute approximate surface area is 146 Å². The third-order valence-corrected chi connectivity index (χ3v) is 4.28. The fourth-order valence-corrected chi connectivity index (χ4v) is 2.84. The van der Waals surface area contributed by atoms with Gasteiger partial charge in [-0.05, 0) is 36.1 Å². The average Bonchev–Trinajstić information content (AvgIpc) is 2.64. The van der Waals surface area contributed by atoms with Crippen LogP contribution in [0.15, 0.2) is 54.6 Å². The van der Waals surface area contributed by atoms with Crippen LogP contribution in [-0.4, -0.2) is 18.3 Å². The van der Waals surface area contributed by atoms with Crippen molar-refractivity contribution in [1.82, 2.24) is 0 Å². The summed E-state index contributed by atoms with van der Waals surface area (Å²) in [6.07, 6.45) is 9.62. The molecule has 0 amide bonds. The van der Waals surface area contributed by atoms with E-state index >= 15 is 0 Å². The molecule has 0 fully saturated rings. The topological polar surface area (TPSA) is 29.5 Å². The number of benzene rings is 2. The molecule has 0 saturated carbocycles. The Morgan fingerprint density at radius 1 is 0.583 bits per heavy atom. The van der Waals surface area contributed by atoms with Crippen LogP contribution in [0.25, 0.3) is 11.1 Å². The molecule has 2 rings (SSSR count). The van der Waals surface area contributed by atoms with Gasteiger partial charge in [0.15, 0.2) is 0 Å². The smallest absolute Gasteiger partial charge is 0.119 e. The van der Waals surface area contributed by atoms with E-state index in [1.165, 1.54) is 49.7 Å². The van der Waals surface area contributed by atoms with Crippen molar-refractivity contribution in [2.75, 3.05) is 13.2 Å². The first-order chi connectivity index (χ1) is 11.9. The molecule has 0 aromatic heterocycles. The predicted molar refractivity (Wildman–Crippen MR) is 101 cm³/mol. The number of aliphatic hydroxyl groups excluding tert-OH is 1. The van der Waals surface area contributed by atoms with Crippen molar-refractivity contribution in [3.05, 3.63) is 54.6 Å². The van der Waals surface area contributed by atoms with E-state index in [9.17, 15) is 0 Å². The van der Waals surface area contributed by atoms with Gasteiger partial charge in [0.05, 0.1) is 6.61 Å². The van der Waals surface area contributed by atoms with Gasteiger partial charge in [-0.15, -0.1) is 0 Å². The Kier molecular flexibility index (Phi) is 9.03. The lowest BCUT2D eigenvalue weighted by molar-refractivity contribution is 0.282. The van der Waals surface area contributed by atoms with Crippen LogP contribution < -0.4 is 4.74 Å². The van der Waals surface area contributed by atoms with Crippen LogP contribution in [0.1, 0.15) is 51.4 Å². The first-order valence-corrected chi connectivity index (χ1v) is 9.29. The lowest BCUT2D eigenvalue weighted by atomic mass is 10.1. The van der Waals surface area contributed by atoms with Crippen LogP contribution in [-0.2, 0) is 0 Å². The first kappa shape index (κ1) is 18.5. The zero-order valence-corrected chi connectivity index (χ0v) is 14.6. The summed E-state index contributed by atoms with van der Waals surface area (Å²) in [4.78, 5) is 0. The van der Waals surface area contributed by atoms with Gasteiger partial charge < -0.3 is 9.84 Å². The molecule has 0 aliphatic rings. The standard InChI is InChI=1S/C22H30O2/c23-18-10-5-3-1-2-4-6-11-19-24-22-16-14-21(15-17-22)20-12-8-7-9-13-20/h7-9,12-17,23H,1-6,10-11,18-19H2. The van der Waals surface area contributed by atoms with Crippen LogP contribution in [0.4, 0.5) is 0 Å². The highest BCUT2D eigenvalue weighted by atomic mass is 16.5. The predicted octanol–water partition coefficient (Wildman–Crippen LogP) is 5.85. The molecule has 0 aliphatic carbocycles. The molecule has 0 spiro atoms. The van der Waals surface area contributed by atoms with E-state index in [0.29, 0.717) is 6.61 Å². The quantitative estimate of drug-likeness (QED) is 0.496. The minimum Gasteiger partial charge on any atom is -0.494 e. The van der Waals surface area contributed by atoms with Crippen molar-refractivity contribution in [1.29, 1.82) is 0 Å². The summed E-state index contributed by atoms with van der Waals surface area (Å²) < 4.78 is 5.83. The molecule has 0 unspecified atom stereocenters. The molecule has 0 aliphatic heterocycles. The molecule has 0 radical (unpaired) electrons. The van der Waals surface area contributed by atoms with E-state index in [-0.39, 0.29) is 0 Å². The molecule has 2 heteroatoms. The summed E-state index contributed by atoms with van der Waals surface area (Å²) in [5, 5.41) is 8.72. The zero-order chi connectivity index (χ0) is 16.9. The number of hydrogen-bond donors (Lipinski definition) is 1. The Morgan fingerprint density at radius 3 is 1.75 bits per heavy atom. The maximum atomic E-state index is 8.72. The second kappa shape index (κ2) is 11.7. The maximum Gasteiger partial charge on any atom is 0.119 e. The number of rotatable bonds is 12. The van der Waals surface area contributed by atoms with E-state index < -0.39 is 0 Å². The van der Waals surface area contributed by atoms with Gasteiger partial charge in [-0.3, -0.25) is 0 Å². The molecule has 0 heterocycles. The lowest BCUT2D eigenvalue weighted by Crippen LogP contribution is -1.97. The summed E-state index contributed by atoms with van der Waals surface area (Å²) >= 11 is 0. The van der Waals surface area contributed by atoms with Gasteiger partial charge in [0.25, 0.3) is 0 Å². The summed E-state index contributed by atoms with van der Waals surface area (Å²) in [7, 11) is 0.